The quantitative estimate of drug-likeness (QED) is 0.776. The maximum Gasteiger partial charge on any atom is 0.0794 e. The van der Waals surface area contributed by atoms with Crippen LogP contribution in [0.1, 0.15) is 46.5 Å². The molecule has 0 amide bonds. The van der Waals surface area contributed by atoms with Crippen LogP contribution in [-0.2, 0) is 4.74 Å². The molecule has 2 aliphatic carbocycles. The monoisotopic (exact) mass is 296 g/mol. The number of β-amino-alcohol motifs (C(OH)–C–C–N with tert-alkyl or cyclic N) is 1. The summed E-state index contributed by atoms with van der Waals surface area (Å²) in [6.07, 6.45) is 5.77. The lowest BCUT2D eigenvalue weighted by atomic mass is 10.1. The minimum absolute atomic E-state index is 0.232. The second-order valence-corrected chi connectivity index (χ2v) is 7.64. The van der Waals surface area contributed by atoms with Crippen molar-refractivity contribution in [2.45, 2.75) is 76.9 Å². The van der Waals surface area contributed by atoms with E-state index < -0.39 is 0 Å². The van der Waals surface area contributed by atoms with Gasteiger partial charge in [-0.2, -0.15) is 0 Å². The van der Waals surface area contributed by atoms with Crippen LogP contribution in [0.25, 0.3) is 0 Å². The minimum Gasteiger partial charge on any atom is -0.390 e. The Labute approximate surface area is 129 Å². The van der Waals surface area contributed by atoms with Crippen LogP contribution in [0, 0.1) is 5.92 Å². The van der Waals surface area contributed by atoms with E-state index in [0.29, 0.717) is 6.04 Å². The van der Waals surface area contributed by atoms with Crippen LogP contribution in [0.5, 0.6) is 0 Å². The molecular weight excluding hydrogens is 264 g/mol. The van der Waals surface area contributed by atoms with E-state index in [2.05, 4.69) is 30.6 Å². The molecule has 0 aromatic carbocycles. The lowest BCUT2D eigenvalue weighted by molar-refractivity contribution is -0.0788. The number of nitrogens with zero attached hydrogens (tertiary/aromatic N) is 2. The van der Waals surface area contributed by atoms with Crippen molar-refractivity contribution in [1.82, 2.24) is 9.80 Å². The summed E-state index contributed by atoms with van der Waals surface area (Å²) in [5, 5.41) is 10.5. The van der Waals surface area contributed by atoms with Crippen molar-refractivity contribution in [2.75, 3.05) is 26.2 Å². The highest BCUT2D eigenvalue weighted by Crippen LogP contribution is 2.39. The molecule has 0 radical (unpaired) electrons. The van der Waals surface area contributed by atoms with Crippen molar-refractivity contribution in [2.24, 2.45) is 5.92 Å². The van der Waals surface area contributed by atoms with Crippen molar-refractivity contribution >= 4 is 0 Å². The smallest absolute Gasteiger partial charge is 0.0794 e. The second-order valence-electron chi connectivity index (χ2n) is 7.64. The Morgan fingerprint density at radius 3 is 2.29 bits per heavy atom. The fourth-order valence-corrected chi connectivity index (χ4v) is 3.94. The average Bonchev–Trinajstić information content (AvgIpc) is 3.27. The summed E-state index contributed by atoms with van der Waals surface area (Å²) in [6, 6.07) is 1.41. The third-order valence-electron chi connectivity index (χ3n) is 5.23. The number of aliphatic hydroxyl groups excluding tert-OH is 1. The first-order chi connectivity index (χ1) is 10.0. The molecule has 122 valence electrons. The van der Waals surface area contributed by atoms with Crippen LogP contribution in [0.2, 0.25) is 0 Å². The van der Waals surface area contributed by atoms with Gasteiger partial charge in [-0.25, -0.2) is 0 Å². The summed E-state index contributed by atoms with van der Waals surface area (Å²) in [7, 11) is 0. The fourth-order valence-electron chi connectivity index (χ4n) is 3.94. The molecule has 4 heteroatoms. The standard InChI is InChI=1S/C17H32N2O2/c1-12-8-18(9-13(2)21-12)10-17(20)11-19(16-6-7-16)14(3)15-4-5-15/h12-17,20H,4-11H2,1-3H3. The molecule has 4 nitrogen and oxygen atoms in total. The predicted octanol–water partition coefficient (Wildman–Crippen LogP) is 1.72. The summed E-state index contributed by atoms with van der Waals surface area (Å²) < 4.78 is 5.77. The zero-order chi connectivity index (χ0) is 15.0. The van der Waals surface area contributed by atoms with Gasteiger partial charge in [0.25, 0.3) is 0 Å². The summed E-state index contributed by atoms with van der Waals surface area (Å²) in [4.78, 5) is 4.96. The molecule has 1 heterocycles. The molecule has 4 atom stereocenters. The topological polar surface area (TPSA) is 35.9 Å². The highest BCUT2D eigenvalue weighted by Gasteiger charge is 2.39. The van der Waals surface area contributed by atoms with Gasteiger partial charge in [0.15, 0.2) is 0 Å². The van der Waals surface area contributed by atoms with Gasteiger partial charge in [0.2, 0.25) is 0 Å². The van der Waals surface area contributed by atoms with Gasteiger partial charge in [-0.1, -0.05) is 0 Å². The number of morpholine rings is 1. The number of aliphatic hydroxyl groups is 1. The van der Waals surface area contributed by atoms with E-state index in [9.17, 15) is 5.11 Å². The van der Waals surface area contributed by atoms with Gasteiger partial charge >= 0.3 is 0 Å². The molecule has 1 N–H and O–H groups in total. The molecule has 0 aromatic rings. The van der Waals surface area contributed by atoms with E-state index >= 15 is 0 Å². The van der Waals surface area contributed by atoms with Crippen molar-refractivity contribution in [1.29, 1.82) is 0 Å². The van der Waals surface area contributed by atoms with Gasteiger partial charge < -0.3 is 9.84 Å². The van der Waals surface area contributed by atoms with Crippen molar-refractivity contribution < 1.29 is 9.84 Å². The lowest BCUT2D eigenvalue weighted by Crippen LogP contribution is -2.51. The molecular formula is C17H32N2O2. The van der Waals surface area contributed by atoms with Gasteiger partial charge in [-0.15, -0.1) is 0 Å². The van der Waals surface area contributed by atoms with Gasteiger partial charge in [-0.05, 0) is 52.4 Å². The molecule has 4 unspecified atom stereocenters. The minimum atomic E-state index is -0.232. The first-order valence-corrected chi connectivity index (χ1v) is 8.84. The van der Waals surface area contributed by atoms with Crippen molar-refractivity contribution in [3.63, 3.8) is 0 Å². The van der Waals surface area contributed by atoms with E-state index in [1.165, 1.54) is 25.7 Å². The predicted molar refractivity (Wildman–Crippen MR) is 84.4 cm³/mol. The molecule has 2 saturated carbocycles. The van der Waals surface area contributed by atoms with E-state index in [1.807, 2.05) is 0 Å². The Morgan fingerprint density at radius 1 is 1.14 bits per heavy atom. The van der Waals surface area contributed by atoms with Crippen molar-refractivity contribution in [3.8, 4) is 0 Å². The molecule has 1 aliphatic heterocycles. The summed E-state index contributed by atoms with van der Waals surface area (Å²) in [6.45, 7) is 10.1. The Morgan fingerprint density at radius 2 is 1.76 bits per heavy atom. The number of hydrogen-bond acceptors (Lipinski definition) is 4. The maximum absolute atomic E-state index is 10.5. The largest absolute Gasteiger partial charge is 0.390 e. The molecule has 3 aliphatic rings. The van der Waals surface area contributed by atoms with Crippen LogP contribution in [-0.4, -0.2) is 71.5 Å². The normalized spacial score (nSPS) is 34.1. The molecule has 0 spiro atoms. The third-order valence-corrected chi connectivity index (χ3v) is 5.23. The summed E-state index contributed by atoms with van der Waals surface area (Å²) in [5.41, 5.74) is 0. The molecule has 1 saturated heterocycles. The third kappa shape index (κ3) is 4.41. The molecule has 3 fully saturated rings. The van der Waals surface area contributed by atoms with Gasteiger partial charge in [0.05, 0.1) is 18.3 Å². The SMILES string of the molecule is CC1CN(CC(O)CN(C2CC2)C(C)C2CC2)CC(C)O1. The average molecular weight is 296 g/mol. The van der Waals surface area contributed by atoms with Crippen LogP contribution >= 0.6 is 0 Å². The number of rotatable bonds is 7. The Hall–Kier alpha value is -0.160. The number of hydrogen-bond donors (Lipinski definition) is 1. The molecule has 3 rings (SSSR count). The fraction of sp³-hybridized carbons (Fsp3) is 1.00. The van der Waals surface area contributed by atoms with Gasteiger partial charge in [0.1, 0.15) is 0 Å². The Kier molecular flexibility index (Phi) is 4.89. The molecule has 0 bridgehead atoms. The zero-order valence-electron chi connectivity index (χ0n) is 13.9. The lowest BCUT2D eigenvalue weighted by Gasteiger charge is -2.38. The molecule has 0 aromatic heterocycles. The van der Waals surface area contributed by atoms with Crippen LogP contribution in [0.3, 0.4) is 0 Å². The van der Waals surface area contributed by atoms with E-state index in [1.54, 1.807) is 0 Å². The first kappa shape index (κ1) is 15.7. The maximum atomic E-state index is 10.5. The van der Waals surface area contributed by atoms with E-state index in [4.69, 9.17) is 4.74 Å². The van der Waals surface area contributed by atoms with Gasteiger partial charge in [-0.3, -0.25) is 9.80 Å². The highest BCUT2D eigenvalue weighted by atomic mass is 16.5. The summed E-state index contributed by atoms with van der Waals surface area (Å²) >= 11 is 0. The van der Waals surface area contributed by atoms with E-state index in [-0.39, 0.29) is 18.3 Å². The zero-order valence-corrected chi connectivity index (χ0v) is 13.9. The first-order valence-electron chi connectivity index (χ1n) is 8.84. The Bertz CT molecular complexity index is 334. The van der Waals surface area contributed by atoms with Crippen molar-refractivity contribution in [3.05, 3.63) is 0 Å². The molecule has 21 heavy (non-hydrogen) atoms. The van der Waals surface area contributed by atoms with E-state index in [0.717, 1.165) is 38.1 Å². The Balaban J connectivity index is 1.48. The summed E-state index contributed by atoms with van der Waals surface area (Å²) in [5.74, 6) is 0.890. The van der Waals surface area contributed by atoms with Crippen LogP contribution in [0.15, 0.2) is 0 Å². The van der Waals surface area contributed by atoms with Crippen LogP contribution < -0.4 is 0 Å². The van der Waals surface area contributed by atoms with Gasteiger partial charge in [0, 0.05) is 38.3 Å². The second kappa shape index (κ2) is 6.53. The highest BCUT2D eigenvalue weighted by molar-refractivity contribution is 4.94. The van der Waals surface area contributed by atoms with Crippen LogP contribution in [0.4, 0.5) is 0 Å². The number of ether oxygens (including phenoxy) is 1.